The Labute approximate surface area is 172 Å². The highest BCUT2D eigenvalue weighted by molar-refractivity contribution is 6.01. The average Bonchev–Trinajstić information content (AvgIpc) is 3.17. The summed E-state index contributed by atoms with van der Waals surface area (Å²) in [7, 11) is 3.30. The van der Waals surface area contributed by atoms with E-state index in [1.54, 1.807) is 50.5 Å². The number of carbonyl (C=O) groups is 2. The molecule has 10 nitrogen and oxygen atoms in total. The van der Waals surface area contributed by atoms with Crippen molar-refractivity contribution in [2.45, 2.75) is 6.92 Å². The van der Waals surface area contributed by atoms with Crippen LogP contribution in [0.1, 0.15) is 15.9 Å². The largest absolute Gasteiger partial charge is 0.345 e. The van der Waals surface area contributed by atoms with Crippen LogP contribution >= 0.6 is 0 Å². The van der Waals surface area contributed by atoms with Crippen molar-refractivity contribution in [1.29, 1.82) is 0 Å². The molecule has 0 atom stereocenters. The second kappa shape index (κ2) is 8.43. The van der Waals surface area contributed by atoms with Gasteiger partial charge in [-0.25, -0.2) is 4.79 Å². The van der Waals surface area contributed by atoms with Gasteiger partial charge in [0.05, 0.1) is 10.6 Å². The molecule has 3 aromatic rings. The third kappa shape index (κ3) is 4.61. The van der Waals surface area contributed by atoms with Gasteiger partial charge in [0.15, 0.2) is 5.82 Å². The summed E-state index contributed by atoms with van der Waals surface area (Å²) in [6.07, 6.45) is 0. The summed E-state index contributed by atoms with van der Waals surface area (Å²) >= 11 is 0. The predicted octanol–water partition coefficient (Wildman–Crippen LogP) is 3.64. The first kappa shape index (κ1) is 20.5. The lowest BCUT2D eigenvalue weighted by molar-refractivity contribution is -0.384. The second-order valence-corrected chi connectivity index (χ2v) is 6.78. The molecule has 0 saturated heterocycles. The first-order valence-corrected chi connectivity index (χ1v) is 8.95. The first-order chi connectivity index (χ1) is 14.2. The third-order valence-corrected chi connectivity index (χ3v) is 4.33. The maximum absolute atomic E-state index is 12.4. The predicted molar refractivity (Wildman–Crippen MR) is 113 cm³/mol. The number of benzene rings is 2. The highest BCUT2D eigenvalue weighted by atomic mass is 16.6. The quantitative estimate of drug-likeness (QED) is 0.438. The summed E-state index contributed by atoms with van der Waals surface area (Å²) in [5, 5.41) is 23.0. The molecule has 2 aromatic carbocycles. The standard InChI is InChI=1S/C20H20N6O4/c1-12-7-8-14(19(27)25(2)3)10-16(12)21-20(28)22-18-11-17(23-24-18)13-5-4-6-15(9-13)26(29)30/h4-11H,1-3H3,(H3,21,22,23,24,28). The van der Waals surface area contributed by atoms with Gasteiger partial charge in [0, 0.05) is 49.1 Å². The van der Waals surface area contributed by atoms with E-state index in [9.17, 15) is 19.7 Å². The van der Waals surface area contributed by atoms with Crippen molar-refractivity contribution in [3.8, 4) is 11.3 Å². The van der Waals surface area contributed by atoms with Gasteiger partial charge in [-0.1, -0.05) is 18.2 Å². The van der Waals surface area contributed by atoms with Gasteiger partial charge in [0.2, 0.25) is 0 Å². The Morgan fingerprint density at radius 1 is 1.10 bits per heavy atom. The van der Waals surface area contributed by atoms with Crippen molar-refractivity contribution >= 4 is 29.1 Å². The minimum Gasteiger partial charge on any atom is -0.345 e. The fraction of sp³-hybridized carbons (Fsp3) is 0.150. The monoisotopic (exact) mass is 408 g/mol. The van der Waals surface area contributed by atoms with E-state index in [0.29, 0.717) is 22.5 Å². The number of amides is 3. The van der Waals surface area contributed by atoms with Crippen molar-refractivity contribution in [1.82, 2.24) is 15.1 Å². The number of nitrogens with one attached hydrogen (secondary N) is 3. The number of aromatic nitrogens is 2. The van der Waals surface area contributed by atoms with Crippen molar-refractivity contribution in [3.05, 3.63) is 69.8 Å². The van der Waals surface area contributed by atoms with Crippen LogP contribution in [0, 0.1) is 17.0 Å². The van der Waals surface area contributed by atoms with E-state index in [1.165, 1.54) is 17.0 Å². The third-order valence-electron chi connectivity index (χ3n) is 4.33. The minimum atomic E-state index is -0.537. The molecule has 0 saturated carbocycles. The zero-order valence-electron chi connectivity index (χ0n) is 16.6. The molecule has 0 aliphatic carbocycles. The molecule has 3 N–H and O–H groups in total. The summed E-state index contributed by atoms with van der Waals surface area (Å²) < 4.78 is 0. The fourth-order valence-electron chi connectivity index (χ4n) is 2.74. The number of nitro groups is 1. The summed E-state index contributed by atoms with van der Waals surface area (Å²) in [4.78, 5) is 36.4. The zero-order chi connectivity index (χ0) is 21.8. The van der Waals surface area contributed by atoms with E-state index < -0.39 is 11.0 Å². The van der Waals surface area contributed by atoms with Crippen LogP contribution in [0.25, 0.3) is 11.3 Å². The molecule has 0 fully saturated rings. The van der Waals surface area contributed by atoms with Gasteiger partial charge >= 0.3 is 6.03 Å². The normalized spacial score (nSPS) is 10.4. The number of hydrogen-bond acceptors (Lipinski definition) is 5. The van der Waals surface area contributed by atoms with Crippen LogP contribution in [0.2, 0.25) is 0 Å². The number of aryl methyl sites for hydroxylation is 1. The van der Waals surface area contributed by atoms with Gasteiger partial charge in [-0.15, -0.1) is 0 Å². The maximum Gasteiger partial charge on any atom is 0.324 e. The Hall–Kier alpha value is -4.21. The number of non-ortho nitro benzene ring substituents is 1. The number of aromatic amines is 1. The van der Waals surface area contributed by atoms with E-state index in [2.05, 4.69) is 20.8 Å². The Morgan fingerprint density at radius 2 is 1.87 bits per heavy atom. The zero-order valence-corrected chi connectivity index (χ0v) is 16.6. The topological polar surface area (TPSA) is 133 Å². The molecule has 3 rings (SSSR count). The molecular weight excluding hydrogens is 388 g/mol. The van der Waals surface area contributed by atoms with Crippen molar-refractivity contribution in [2.75, 3.05) is 24.7 Å². The van der Waals surface area contributed by atoms with Gasteiger partial charge < -0.3 is 10.2 Å². The summed E-state index contributed by atoms with van der Waals surface area (Å²) in [5.74, 6) is 0.0690. The molecule has 1 heterocycles. The first-order valence-electron chi connectivity index (χ1n) is 8.95. The van der Waals surface area contributed by atoms with Crippen LogP contribution in [0.4, 0.5) is 22.0 Å². The SMILES string of the molecule is Cc1ccc(C(=O)N(C)C)cc1NC(=O)Nc1cc(-c2cccc([N+](=O)[O-])c2)[nH]n1. The Kier molecular flexibility index (Phi) is 5.77. The molecular formula is C20H20N6O4. The van der Waals surface area contributed by atoms with Gasteiger partial charge in [-0.3, -0.25) is 25.3 Å². The van der Waals surface area contributed by atoms with E-state index in [-0.39, 0.29) is 17.4 Å². The van der Waals surface area contributed by atoms with Gasteiger partial charge in [0.1, 0.15) is 0 Å². The second-order valence-electron chi connectivity index (χ2n) is 6.78. The lowest BCUT2D eigenvalue weighted by Gasteiger charge is -2.13. The molecule has 10 heteroatoms. The van der Waals surface area contributed by atoms with Crippen LogP contribution in [0.15, 0.2) is 48.5 Å². The molecule has 0 unspecified atom stereocenters. The number of nitrogens with zero attached hydrogens (tertiary/aromatic N) is 3. The number of carbonyl (C=O) groups excluding carboxylic acids is 2. The lowest BCUT2D eigenvalue weighted by atomic mass is 10.1. The number of urea groups is 1. The summed E-state index contributed by atoms with van der Waals surface area (Å²) in [6.45, 7) is 1.81. The molecule has 30 heavy (non-hydrogen) atoms. The number of hydrogen-bond donors (Lipinski definition) is 3. The highest BCUT2D eigenvalue weighted by Crippen LogP contribution is 2.24. The average molecular weight is 408 g/mol. The lowest BCUT2D eigenvalue weighted by Crippen LogP contribution is -2.23. The molecule has 0 spiro atoms. The molecule has 154 valence electrons. The number of H-pyrrole nitrogens is 1. The van der Waals surface area contributed by atoms with E-state index in [0.717, 1.165) is 5.56 Å². The van der Waals surface area contributed by atoms with E-state index >= 15 is 0 Å². The summed E-state index contributed by atoms with van der Waals surface area (Å²) in [6, 6.07) is 12.1. The molecule has 0 bridgehead atoms. The Balaban J connectivity index is 1.72. The van der Waals surface area contributed by atoms with Crippen LogP contribution in [-0.2, 0) is 0 Å². The van der Waals surface area contributed by atoms with E-state index in [4.69, 9.17) is 0 Å². The number of nitro benzene ring substituents is 1. The van der Waals surface area contributed by atoms with Gasteiger partial charge in [0.25, 0.3) is 11.6 Å². The van der Waals surface area contributed by atoms with Crippen LogP contribution in [0.3, 0.4) is 0 Å². The summed E-state index contributed by atoms with van der Waals surface area (Å²) in [5.41, 5.74) is 2.78. The molecule has 0 radical (unpaired) electrons. The molecule has 1 aromatic heterocycles. The van der Waals surface area contributed by atoms with E-state index in [1.807, 2.05) is 6.92 Å². The Morgan fingerprint density at radius 3 is 2.57 bits per heavy atom. The van der Waals surface area contributed by atoms with Crippen molar-refractivity contribution < 1.29 is 14.5 Å². The number of rotatable bonds is 5. The van der Waals surface area contributed by atoms with Crippen molar-refractivity contribution in [3.63, 3.8) is 0 Å². The maximum atomic E-state index is 12.4. The molecule has 3 amide bonds. The molecule has 0 aliphatic rings. The van der Waals surface area contributed by atoms with Crippen LogP contribution in [0.5, 0.6) is 0 Å². The Bertz CT molecular complexity index is 1120. The smallest absolute Gasteiger partial charge is 0.324 e. The van der Waals surface area contributed by atoms with Gasteiger partial charge in [-0.05, 0) is 24.6 Å². The number of anilines is 2. The molecule has 0 aliphatic heterocycles. The van der Waals surface area contributed by atoms with Gasteiger partial charge in [-0.2, -0.15) is 5.10 Å². The highest BCUT2D eigenvalue weighted by Gasteiger charge is 2.14. The van der Waals surface area contributed by atoms with Crippen LogP contribution in [-0.4, -0.2) is 46.1 Å². The fourth-order valence-corrected chi connectivity index (χ4v) is 2.74. The van der Waals surface area contributed by atoms with Crippen LogP contribution < -0.4 is 10.6 Å². The van der Waals surface area contributed by atoms with Crippen molar-refractivity contribution in [2.24, 2.45) is 0 Å². The minimum absolute atomic E-state index is 0.0445.